The number of hydrogen-bond donors (Lipinski definition) is 1. The van der Waals surface area contributed by atoms with Crippen LogP contribution in [-0.2, 0) is 18.1 Å². The van der Waals surface area contributed by atoms with Crippen LogP contribution >= 0.6 is 0 Å². The predicted molar refractivity (Wildman–Crippen MR) is 146 cm³/mol. The van der Waals surface area contributed by atoms with E-state index in [2.05, 4.69) is 27.1 Å². The minimum atomic E-state index is -1.09. The van der Waals surface area contributed by atoms with E-state index >= 15 is 0 Å². The number of hydrogen-bond acceptors (Lipinski definition) is 6. The lowest BCUT2D eigenvalue weighted by molar-refractivity contribution is 0.0737. The lowest BCUT2D eigenvalue weighted by atomic mass is 9.66. The van der Waals surface area contributed by atoms with Gasteiger partial charge in [-0.25, -0.2) is 4.79 Å². The molecule has 1 aliphatic rings. The summed E-state index contributed by atoms with van der Waals surface area (Å²) in [6.07, 6.45) is 8.09. The number of nitrogens with zero attached hydrogens (tertiary/aromatic N) is 6. The highest BCUT2D eigenvalue weighted by atomic mass is 16.3. The second-order valence-corrected chi connectivity index (χ2v) is 10.8. The molecule has 4 heterocycles. The van der Waals surface area contributed by atoms with E-state index < -0.39 is 11.0 Å². The molecule has 1 N–H and O–H groups in total. The molecule has 4 aromatic heterocycles. The second-order valence-electron chi connectivity index (χ2n) is 10.8. The van der Waals surface area contributed by atoms with Crippen molar-refractivity contribution in [1.82, 2.24) is 24.1 Å². The standard InChI is InChI=1S/C30H28N6O2/c1-18-24(8-9-26(34-18)29(2,3)38)36-27-22-13-19(6-7-23(22)33-16-25(27)35(4)28(36)37)20-12-21(15-32-14-20)30(17-31)10-5-11-30/h6-9,12-16,38H,5,10-11H2,1-4H3. The molecule has 38 heavy (non-hydrogen) atoms. The lowest BCUT2D eigenvalue weighted by Gasteiger charge is -2.35. The van der Waals surface area contributed by atoms with Crippen molar-refractivity contribution < 1.29 is 5.11 Å². The molecule has 1 saturated carbocycles. The highest BCUT2D eigenvalue weighted by Gasteiger charge is 2.39. The number of aromatic nitrogens is 5. The van der Waals surface area contributed by atoms with Gasteiger partial charge in [-0.05, 0) is 81.5 Å². The third-order valence-electron chi connectivity index (χ3n) is 7.85. The largest absolute Gasteiger partial charge is 0.384 e. The molecule has 190 valence electrons. The van der Waals surface area contributed by atoms with Crippen LogP contribution in [0.5, 0.6) is 0 Å². The number of pyridine rings is 3. The van der Waals surface area contributed by atoms with Crippen LogP contribution in [-0.4, -0.2) is 29.2 Å². The SMILES string of the molecule is Cc1nc(C(C)(C)O)ccc1-n1c(=O)n(C)c2cnc3ccc(-c4cncc(C5(C#N)CCC5)c4)cc3c21. The fourth-order valence-corrected chi connectivity index (χ4v) is 5.39. The van der Waals surface area contributed by atoms with Gasteiger partial charge in [0.05, 0.1) is 51.3 Å². The maximum atomic E-state index is 13.5. The Bertz CT molecular complexity index is 1850. The van der Waals surface area contributed by atoms with Crippen LogP contribution in [0, 0.1) is 18.3 Å². The Morgan fingerprint density at radius 3 is 2.53 bits per heavy atom. The van der Waals surface area contributed by atoms with Crippen LogP contribution in [0.4, 0.5) is 0 Å². The molecule has 5 aromatic rings. The minimum absolute atomic E-state index is 0.203. The molecule has 0 unspecified atom stereocenters. The van der Waals surface area contributed by atoms with Gasteiger partial charge in [0.2, 0.25) is 0 Å². The summed E-state index contributed by atoms with van der Waals surface area (Å²) in [5.74, 6) is 0. The van der Waals surface area contributed by atoms with E-state index in [0.717, 1.165) is 52.4 Å². The molecule has 1 aromatic carbocycles. The van der Waals surface area contributed by atoms with E-state index in [1.807, 2.05) is 37.4 Å². The number of rotatable bonds is 4. The summed E-state index contributed by atoms with van der Waals surface area (Å²) in [4.78, 5) is 27.2. The Morgan fingerprint density at radius 1 is 1.08 bits per heavy atom. The number of aliphatic hydroxyl groups is 1. The van der Waals surface area contributed by atoms with Gasteiger partial charge >= 0.3 is 5.69 Å². The van der Waals surface area contributed by atoms with Crippen molar-refractivity contribution in [3.8, 4) is 22.9 Å². The van der Waals surface area contributed by atoms with Gasteiger partial charge in [0, 0.05) is 30.4 Å². The van der Waals surface area contributed by atoms with Crippen molar-refractivity contribution in [1.29, 1.82) is 5.26 Å². The molecular formula is C30H28N6O2. The maximum absolute atomic E-state index is 13.5. The third kappa shape index (κ3) is 3.54. The van der Waals surface area contributed by atoms with Gasteiger partial charge in [-0.2, -0.15) is 5.26 Å². The van der Waals surface area contributed by atoms with E-state index in [-0.39, 0.29) is 5.69 Å². The summed E-state index contributed by atoms with van der Waals surface area (Å²) < 4.78 is 3.26. The van der Waals surface area contributed by atoms with Crippen LogP contribution in [0.15, 0.2) is 59.8 Å². The number of nitriles is 1. The van der Waals surface area contributed by atoms with Crippen molar-refractivity contribution in [2.75, 3.05) is 0 Å². The van der Waals surface area contributed by atoms with Gasteiger partial charge in [0.1, 0.15) is 5.60 Å². The van der Waals surface area contributed by atoms with Crippen LogP contribution < -0.4 is 5.69 Å². The topological polar surface area (TPSA) is 110 Å². The number of imidazole rings is 1. The molecule has 0 spiro atoms. The van der Waals surface area contributed by atoms with Crippen molar-refractivity contribution >= 4 is 21.9 Å². The Morgan fingerprint density at radius 2 is 1.87 bits per heavy atom. The fraction of sp³-hybridized carbons (Fsp3) is 0.300. The highest BCUT2D eigenvalue weighted by Crippen LogP contribution is 2.43. The van der Waals surface area contributed by atoms with E-state index in [9.17, 15) is 15.2 Å². The molecule has 0 aliphatic heterocycles. The van der Waals surface area contributed by atoms with Gasteiger partial charge in [-0.3, -0.25) is 24.1 Å². The molecule has 1 fully saturated rings. The minimum Gasteiger partial charge on any atom is -0.384 e. The molecule has 6 rings (SSSR count). The molecule has 0 saturated heterocycles. The predicted octanol–water partition coefficient (Wildman–Crippen LogP) is 4.82. The molecule has 8 heteroatoms. The Kier molecular flexibility index (Phi) is 5.27. The Hall–Kier alpha value is -4.35. The lowest BCUT2D eigenvalue weighted by Crippen LogP contribution is -2.32. The summed E-state index contributed by atoms with van der Waals surface area (Å²) >= 11 is 0. The fourth-order valence-electron chi connectivity index (χ4n) is 5.39. The average Bonchev–Trinajstić information content (AvgIpc) is 3.13. The van der Waals surface area contributed by atoms with Gasteiger partial charge in [-0.1, -0.05) is 6.07 Å². The molecule has 0 amide bonds. The summed E-state index contributed by atoms with van der Waals surface area (Å²) in [5, 5.41) is 21.1. The zero-order chi connectivity index (χ0) is 26.8. The number of aryl methyl sites for hydroxylation is 2. The molecule has 0 atom stereocenters. The molecule has 0 bridgehead atoms. The Labute approximate surface area is 219 Å². The van der Waals surface area contributed by atoms with Crippen molar-refractivity contribution in [2.24, 2.45) is 7.05 Å². The monoisotopic (exact) mass is 504 g/mol. The summed E-state index contributed by atoms with van der Waals surface area (Å²) in [7, 11) is 1.74. The van der Waals surface area contributed by atoms with Crippen molar-refractivity contribution in [3.63, 3.8) is 0 Å². The van der Waals surface area contributed by atoms with Crippen LogP contribution in [0.3, 0.4) is 0 Å². The Balaban J connectivity index is 1.58. The summed E-state index contributed by atoms with van der Waals surface area (Å²) in [5.41, 5.74) is 5.08. The zero-order valence-electron chi connectivity index (χ0n) is 21.9. The highest BCUT2D eigenvalue weighted by molar-refractivity contribution is 6.04. The van der Waals surface area contributed by atoms with Gasteiger partial charge in [0.25, 0.3) is 0 Å². The first-order valence-corrected chi connectivity index (χ1v) is 12.7. The first-order valence-electron chi connectivity index (χ1n) is 12.7. The molecule has 0 radical (unpaired) electrons. The van der Waals surface area contributed by atoms with Crippen molar-refractivity contribution in [3.05, 3.63) is 82.4 Å². The summed E-state index contributed by atoms with van der Waals surface area (Å²) in [6.45, 7) is 5.21. The molecular weight excluding hydrogens is 476 g/mol. The van der Waals surface area contributed by atoms with E-state index in [4.69, 9.17) is 0 Å². The van der Waals surface area contributed by atoms with E-state index in [0.29, 0.717) is 22.6 Å². The maximum Gasteiger partial charge on any atom is 0.333 e. The third-order valence-corrected chi connectivity index (χ3v) is 7.85. The van der Waals surface area contributed by atoms with Crippen molar-refractivity contribution in [2.45, 2.75) is 51.0 Å². The van der Waals surface area contributed by atoms with Crippen LogP contribution in [0.1, 0.15) is 50.1 Å². The quantitative estimate of drug-likeness (QED) is 0.376. The van der Waals surface area contributed by atoms with Crippen LogP contribution in [0.2, 0.25) is 0 Å². The van der Waals surface area contributed by atoms with Gasteiger partial charge in [-0.15, -0.1) is 0 Å². The number of benzene rings is 1. The van der Waals surface area contributed by atoms with E-state index in [1.165, 1.54) is 0 Å². The molecule has 8 nitrogen and oxygen atoms in total. The molecule has 1 aliphatic carbocycles. The van der Waals surface area contributed by atoms with Gasteiger partial charge in [0.15, 0.2) is 0 Å². The first kappa shape index (κ1) is 24.0. The number of fused-ring (bicyclic) bond motifs is 3. The van der Waals surface area contributed by atoms with E-state index in [1.54, 1.807) is 48.5 Å². The zero-order valence-corrected chi connectivity index (χ0v) is 21.9. The second kappa shape index (κ2) is 8.33. The average molecular weight is 505 g/mol. The summed E-state index contributed by atoms with van der Waals surface area (Å²) in [6, 6.07) is 14.1. The first-order chi connectivity index (χ1) is 18.1. The smallest absolute Gasteiger partial charge is 0.333 e. The van der Waals surface area contributed by atoms with Crippen LogP contribution in [0.25, 0.3) is 38.8 Å². The normalized spacial score (nSPS) is 14.9. The van der Waals surface area contributed by atoms with Gasteiger partial charge < -0.3 is 5.11 Å².